The van der Waals surface area contributed by atoms with Crippen molar-refractivity contribution in [3.63, 3.8) is 0 Å². The maximum Gasteiger partial charge on any atom is 0.175 e. The molecule has 0 aliphatic carbocycles. The predicted molar refractivity (Wildman–Crippen MR) is 73.5 cm³/mol. The maximum atomic E-state index is 11.3. The lowest BCUT2D eigenvalue weighted by atomic mass is 9.98. The van der Waals surface area contributed by atoms with Crippen LogP contribution in [-0.2, 0) is 16.3 Å². The Labute approximate surface area is 110 Å². The molecule has 0 radical (unpaired) electrons. The van der Waals surface area contributed by atoms with Crippen LogP contribution in [0.4, 0.5) is 0 Å². The summed E-state index contributed by atoms with van der Waals surface area (Å²) >= 11 is 0. The van der Waals surface area contributed by atoms with E-state index in [0.29, 0.717) is 10.9 Å². The summed E-state index contributed by atoms with van der Waals surface area (Å²) in [4.78, 5) is 0.405. The molecule has 0 amide bonds. The van der Waals surface area contributed by atoms with E-state index in [9.17, 15) is 8.42 Å². The van der Waals surface area contributed by atoms with Gasteiger partial charge < -0.3 is 5.32 Å². The van der Waals surface area contributed by atoms with Gasteiger partial charge in [-0.15, -0.1) is 0 Å². The normalized spacial score (nSPS) is 20.8. The molecule has 0 spiro atoms. The molecule has 0 bridgehead atoms. The fourth-order valence-electron chi connectivity index (χ4n) is 2.41. The smallest absolute Gasteiger partial charge is 0.175 e. The molecule has 1 aliphatic rings. The molecular formula is C14H21NO2S. The van der Waals surface area contributed by atoms with Crippen LogP contribution >= 0.6 is 0 Å². The molecule has 18 heavy (non-hydrogen) atoms. The highest BCUT2D eigenvalue weighted by molar-refractivity contribution is 7.90. The second-order valence-electron chi connectivity index (χ2n) is 5.10. The average Bonchev–Trinajstić information content (AvgIpc) is 2.37. The van der Waals surface area contributed by atoms with Crippen LogP contribution in [0, 0.1) is 0 Å². The third kappa shape index (κ3) is 3.82. The van der Waals surface area contributed by atoms with Gasteiger partial charge in [0.15, 0.2) is 9.84 Å². The highest BCUT2D eigenvalue weighted by atomic mass is 32.2. The van der Waals surface area contributed by atoms with Gasteiger partial charge in [-0.3, -0.25) is 0 Å². The third-order valence-electron chi connectivity index (χ3n) is 3.55. The fourth-order valence-corrected chi connectivity index (χ4v) is 3.05. The number of piperidine rings is 1. The monoisotopic (exact) mass is 267 g/mol. The second kappa shape index (κ2) is 5.85. The van der Waals surface area contributed by atoms with Crippen molar-refractivity contribution in [1.29, 1.82) is 0 Å². The molecule has 1 aliphatic heterocycles. The molecule has 1 saturated heterocycles. The molecule has 1 aromatic rings. The summed E-state index contributed by atoms with van der Waals surface area (Å²) in [5, 5.41) is 3.53. The quantitative estimate of drug-likeness (QED) is 0.909. The summed E-state index contributed by atoms with van der Waals surface area (Å²) in [6, 6.07) is 7.91. The van der Waals surface area contributed by atoms with E-state index >= 15 is 0 Å². The number of nitrogens with one attached hydrogen (secondary N) is 1. The average molecular weight is 267 g/mol. The third-order valence-corrected chi connectivity index (χ3v) is 4.67. The number of hydrogen-bond donors (Lipinski definition) is 1. The van der Waals surface area contributed by atoms with Crippen molar-refractivity contribution >= 4 is 9.84 Å². The predicted octanol–water partition coefficient (Wildman–Crippen LogP) is 2.16. The van der Waals surface area contributed by atoms with Crippen LogP contribution in [0.1, 0.15) is 31.2 Å². The Morgan fingerprint density at radius 3 is 2.50 bits per heavy atom. The first kappa shape index (κ1) is 13.6. The largest absolute Gasteiger partial charge is 0.314 e. The van der Waals surface area contributed by atoms with Gasteiger partial charge in [0.1, 0.15) is 0 Å². The van der Waals surface area contributed by atoms with Crippen molar-refractivity contribution in [3.8, 4) is 0 Å². The topological polar surface area (TPSA) is 46.2 Å². The molecule has 3 nitrogen and oxygen atoms in total. The van der Waals surface area contributed by atoms with Gasteiger partial charge in [0.05, 0.1) is 4.90 Å². The van der Waals surface area contributed by atoms with Gasteiger partial charge in [0.25, 0.3) is 0 Å². The van der Waals surface area contributed by atoms with Crippen LogP contribution < -0.4 is 5.32 Å². The zero-order valence-corrected chi connectivity index (χ0v) is 11.7. The molecule has 0 saturated carbocycles. The summed E-state index contributed by atoms with van der Waals surface area (Å²) in [5.74, 6) is 0. The highest BCUT2D eigenvalue weighted by Gasteiger charge is 2.12. The zero-order valence-electron chi connectivity index (χ0n) is 10.9. The molecule has 2 rings (SSSR count). The van der Waals surface area contributed by atoms with E-state index in [0.717, 1.165) is 19.4 Å². The van der Waals surface area contributed by atoms with Crippen LogP contribution in [0.15, 0.2) is 29.2 Å². The molecule has 1 N–H and O–H groups in total. The minimum absolute atomic E-state index is 0.405. The lowest BCUT2D eigenvalue weighted by molar-refractivity contribution is 0.383. The molecule has 100 valence electrons. The summed E-state index contributed by atoms with van der Waals surface area (Å²) < 4.78 is 22.7. The molecule has 1 heterocycles. The van der Waals surface area contributed by atoms with Gasteiger partial charge >= 0.3 is 0 Å². The lowest BCUT2D eigenvalue weighted by Crippen LogP contribution is -2.34. The lowest BCUT2D eigenvalue weighted by Gasteiger charge is -2.23. The Morgan fingerprint density at radius 2 is 1.94 bits per heavy atom. The Bertz CT molecular complexity index is 473. The Kier molecular flexibility index (Phi) is 4.40. The second-order valence-corrected chi connectivity index (χ2v) is 7.12. The minimum atomic E-state index is -3.07. The first-order valence-corrected chi connectivity index (χ1v) is 8.47. The minimum Gasteiger partial charge on any atom is -0.314 e. The number of aryl methyl sites for hydroxylation is 1. The SMILES string of the molecule is CS(=O)(=O)c1ccc(CCC2CCCCN2)cc1. The Balaban J connectivity index is 1.90. The first-order chi connectivity index (χ1) is 8.55. The summed E-state index contributed by atoms with van der Waals surface area (Å²) in [6.07, 6.45) is 7.28. The standard InChI is InChI=1S/C14H21NO2S/c1-18(16,17)14-9-6-12(7-10-14)5-8-13-4-2-3-11-15-13/h6-7,9-10,13,15H,2-5,8,11H2,1H3. The van der Waals surface area contributed by atoms with Crippen LogP contribution in [0.3, 0.4) is 0 Å². The van der Waals surface area contributed by atoms with Gasteiger partial charge in [0, 0.05) is 12.3 Å². The molecule has 1 unspecified atom stereocenters. The number of hydrogen-bond acceptors (Lipinski definition) is 3. The van der Waals surface area contributed by atoms with Crippen molar-refractivity contribution in [2.45, 2.75) is 43.0 Å². The van der Waals surface area contributed by atoms with E-state index in [1.165, 1.54) is 31.1 Å². The summed E-state index contributed by atoms with van der Waals surface area (Å²) in [5.41, 5.74) is 1.22. The number of benzene rings is 1. The van der Waals surface area contributed by atoms with Crippen LogP contribution in [-0.4, -0.2) is 27.3 Å². The van der Waals surface area contributed by atoms with Gasteiger partial charge in [0.2, 0.25) is 0 Å². The first-order valence-electron chi connectivity index (χ1n) is 6.58. The summed E-state index contributed by atoms with van der Waals surface area (Å²) in [7, 11) is -3.07. The van der Waals surface area contributed by atoms with Crippen molar-refractivity contribution in [1.82, 2.24) is 5.32 Å². The number of rotatable bonds is 4. The van der Waals surface area contributed by atoms with Gasteiger partial charge in [-0.25, -0.2) is 8.42 Å². The van der Waals surface area contributed by atoms with E-state index in [2.05, 4.69) is 5.32 Å². The van der Waals surface area contributed by atoms with E-state index in [-0.39, 0.29) is 0 Å². The van der Waals surface area contributed by atoms with Crippen molar-refractivity contribution in [3.05, 3.63) is 29.8 Å². The zero-order chi connectivity index (χ0) is 13.0. The molecule has 4 heteroatoms. The van der Waals surface area contributed by atoms with Crippen molar-refractivity contribution in [2.24, 2.45) is 0 Å². The van der Waals surface area contributed by atoms with Gasteiger partial charge in [-0.2, -0.15) is 0 Å². The van der Waals surface area contributed by atoms with Crippen LogP contribution in [0.2, 0.25) is 0 Å². The van der Waals surface area contributed by atoms with E-state index in [1.54, 1.807) is 12.1 Å². The molecule has 1 atom stereocenters. The number of sulfone groups is 1. The molecular weight excluding hydrogens is 246 g/mol. The van der Waals surface area contributed by atoms with Gasteiger partial charge in [-0.05, 0) is 49.9 Å². The molecule has 1 fully saturated rings. The van der Waals surface area contributed by atoms with Crippen molar-refractivity contribution < 1.29 is 8.42 Å². The van der Waals surface area contributed by atoms with E-state index in [4.69, 9.17) is 0 Å². The summed E-state index contributed by atoms with van der Waals surface area (Å²) in [6.45, 7) is 1.14. The fraction of sp³-hybridized carbons (Fsp3) is 0.571. The maximum absolute atomic E-state index is 11.3. The highest BCUT2D eigenvalue weighted by Crippen LogP contribution is 2.15. The van der Waals surface area contributed by atoms with E-state index in [1.807, 2.05) is 12.1 Å². The van der Waals surface area contributed by atoms with Crippen molar-refractivity contribution in [2.75, 3.05) is 12.8 Å². The van der Waals surface area contributed by atoms with Crippen LogP contribution in [0.5, 0.6) is 0 Å². The van der Waals surface area contributed by atoms with Crippen LogP contribution in [0.25, 0.3) is 0 Å². The Morgan fingerprint density at radius 1 is 1.22 bits per heavy atom. The molecule has 0 aromatic heterocycles. The van der Waals surface area contributed by atoms with Gasteiger partial charge in [-0.1, -0.05) is 18.6 Å². The Hall–Kier alpha value is -0.870. The molecule has 1 aromatic carbocycles. The van der Waals surface area contributed by atoms with E-state index < -0.39 is 9.84 Å².